The van der Waals surface area contributed by atoms with Gasteiger partial charge in [0.2, 0.25) is 0 Å². The second kappa shape index (κ2) is 7.64. The van der Waals surface area contributed by atoms with Crippen molar-refractivity contribution in [2.75, 3.05) is 0 Å². The summed E-state index contributed by atoms with van der Waals surface area (Å²) >= 11 is 0. The number of rotatable bonds is 4. The lowest BCUT2D eigenvalue weighted by Gasteiger charge is -2.57. The van der Waals surface area contributed by atoms with Crippen molar-refractivity contribution in [1.29, 1.82) is 0 Å². The van der Waals surface area contributed by atoms with Gasteiger partial charge in [0.25, 0.3) is 0 Å². The highest BCUT2D eigenvalue weighted by molar-refractivity contribution is 5.82. The van der Waals surface area contributed by atoms with E-state index in [2.05, 4.69) is 29.3 Å². The maximum Gasteiger partial charge on any atom is 0.171 e. The zero-order valence-corrected chi connectivity index (χ0v) is 19.8. The van der Waals surface area contributed by atoms with Crippen LogP contribution in [0, 0.1) is 53.8 Å². The van der Waals surface area contributed by atoms with Crippen molar-refractivity contribution in [3.8, 4) is 0 Å². The second-order valence-corrected chi connectivity index (χ2v) is 11.9. The zero-order chi connectivity index (χ0) is 22.0. The quantitative estimate of drug-likeness (QED) is 0.777. The van der Waals surface area contributed by atoms with Gasteiger partial charge in [0, 0.05) is 5.92 Å². The molecule has 31 heavy (non-hydrogen) atoms. The van der Waals surface area contributed by atoms with E-state index < -0.39 is 5.60 Å². The first-order valence-electron chi connectivity index (χ1n) is 12.7. The minimum atomic E-state index is -0.457. The van der Waals surface area contributed by atoms with Crippen LogP contribution in [-0.2, 0) is 11.3 Å². The van der Waals surface area contributed by atoms with Crippen molar-refractivity contribution < 1.29 is 9.90 Å². The van der Waals surface area contributed by atoms with Crippen molar-refractivity contribution >= 4 is 5.78 Å². The highest BCUT2D eigenvalue weighted by Crippen LogP contribution is 2.66. The molecule has 0 amide bonds. The van der Waals surface area contributed by atoms with Crippen molar-refractivity contribution in [2.45, 2.75) is 97.6 Å². The van der Waals surface area contributed by atoms with Crippen LogP contribution < -0.4 is 0 Å². The van der Waals surface area contributed by atoms with Gasteiger partial charge in [-0.15, -0.1) is 10.2 Å². The van der Waals surface area contributed by atoms with E-state index in [4.69, 9.17) is 0 Å². The van der Waals surface area contributed by atoms with Crippen LogP contribution in [0.15, 0.2) is 0 Å². The van der Waals surface area contributed by atoms with E-state index in [0.29, 0.717) is 29.4 Å². The SMILES string of the molecule is CC[C@@H]1C[C@H](C(=O)Cn2nnc(C)n2)[C@@]2(C)CC[C@H]3[C@@H](CC[C@@H]4C[C@](C)(O)CC[C@@H]43)[C@H]12. The molecule has 0 radical (unpaired) electrons. The fraction of sp³-hybridized carbons (Fsp3) is 0.920. The summed E-state index contributed by atoms with van der Waals surface area (Å²) in [6.45, 7) is 8.88. The molecule has 0 aromatic carbocycles. The number of ketones is 1. The summed E-state index contributed by atoms with van der Waals surface area (Å²) in [4.78, 5) is 14.9. The molecule has 172 valence electrons. The Bertz CT molecular complexity index is 835. The van der Waals surface area contributed by atoms with Crippen molar-refractivity contribution in [3.63, 3.8) is 0 Å². The topological polar surface area (TPSA) is 80.9 Å². The summed E-state index contributed by atoms with van der Waals surface area (Å²) in [7, 11) is 0. The molecule has 0 aliphatic heterocycles. The van der Waals surface area contributed by atoms with Crippen molar-refractivity contribution in [3.05, 3.63) is 5.82 Å². The van der Waals surface area contributed by atoms with E-state index in [1.165, 1.54) is 43.3 Å². The molecule has 4 fully saturated rings. The van der Waals surface area contributed by atoms with Gasteiger partial charge in [0.05, 0.1) is 5.60 Å². The van der Waals surface area contributed by atoms with Gasteiger partial charge >= 0.3 is 0 Å². The summed E-state index contributed by atoms with van der Waals surface area (Å²) in [5.41, 5.74) is -0.344. The number of hydrogen-bond donors (Lipinski definition) is 1. The number of carbonyl (C=O) groups excluding carboxylic acids is 1. The van der Waals surface area contributed by atoms with E-state index >= 15 is 0 Å². The Morgan fingerprint density at radius 3 is 2.61 bits per heavy atom. The van der Waals surface area contributed by atoms with Crippen LogP contribution in [0.1, 0.15) is 84.4 Å². The summed E-state index contributed by atoms with van der Waals surface area (Å²) in [6.07, 6.45) is 10.4. The minimum Gasteiger partial charge on any atom is -0.390 e. The molecule has 0 bridgehead atoms. The number of carbonyl (C=O) groups is 1. The number of aryl methyl sites for hydroxylation is 1. The monoisotopic (exact) mass is 428 g/mol. The lowest BCUT2D eigenvalue weighted by molar-refractivity contribution is -0.134. The standard InChI is InChI=1S/C25H40N4O2/c1-5-16-12-21(22(30)14-29-27-15(2)26-28-29)25(4)11-9-19-18-8-10-24(3,31)13-17(18)6-7-20(19)23(16)25/h16-21,23,31H,5-14H2,1-4H3/t16-,17-,18+,19-,20-,21-,23+,24-,25-/m1/s1. The van der Waals surface area contributed by atoms with Gasteiger partial charge in [-0.25, -0.2) is 0 Å². The Morgan fingerprint density at radius 1 is 1.13 bits per heavy atom. The zero-order valence-electron chi connectivity index (χ0n) is 19.8. The maximum absolute atomic E-state index is 13.4. The van der Waals surface area contributed by atoms with Gasteiger partial charge in [0.15, 0.2) is 11.6 Å². The highest BCUT2D eigenvalue weighted by atomic mass is 16.3. The maximum atomic E-state index is 13.4. The summed E-state index contributed by atoms with van der Waals surface area (Å²) in [6, 6.07) is 0. The van der Waals surface area contributed by atoms with Crippen molar-refractivity contribution in [2.24, 2.45) is 46.8 Å². The first-order valence-corrected chi connectivity index (χ1v) is 12.7. The van der Waals surface area contributed by atoms with Gasteiger partial charge in [-0.05, 0) is 111 Å². The second-order valence-electron chi connectivity index (χ2n) is 11.9. The minimum absolute atomic E-state index is 0.113. The predicted octanol–water partition coefficient (Wildman–Crippen LogP) is 4.21. The number of Topliss-reactive ketones (excluding diaryl/α,β-unsaturated/α-hetero) is 1. The first kappa shape index (κ1) is 21.5. The van der Waals surface area contributed by atoms with Crippen LogP contribution in [0.5, 0.6) is 0 Å². The Balaban J connectivity index is 1.37. The fourth-order valence-electron chi connectivity index (χ4n) is 8.93. The van der Waals surface area contributed by atoms with E-state index in [9.17, 15) is 9.90 Å². The molecule has 0 saturated heterocycles. The van der Waals surface area contributed by atoms with Crippen LogP contribution in [0.25, 0.3) is 0 Å². The molecule has 1 aromatic heterocycles. The molecule has 9 atom stereocenters. The largest absolute Gasteiger partial charge is 0.390 e. The molecule has 0 spiro atoms. The third kappa shape index (κ3) is 3.57. The van der Waals surface area contributed by atoms with Crippen LogP contribution in [0.2, 0.25) is 0 Å². The normalized spacial score (nSPS) is 46.8. The van der Waals surface area contributed by atoms with Crippen LogP contribution >= 0.6 is 0 Å². The Morgan fingerprint density at radius 2 is 1.90 bits per heavy atom. The third-order valence-corrected chi connectivity index (χ3v) is 10.1. The third-order valence-electron chi connectivity index (χ3n) is 10.1. The average molecular weight is 429 g/mol. The van der Waals surface area contributed by atoms with Gasteiger partial charge in [-0.1, -0.05) is 20.3 Å². The molecule has 4 saturated carbocycles. The van der Waals surface area contributed by atoms with E-state index in [-0.39, 0.29) is 17.9 Å². The molecule has 1 aromatic rings. The summed E-state index contributed by atoms with van der Waals surface area (Å²) < 4.78 is 0. The number of tetrazole rings is 1. The van der Waals surface area contributed by atoms with E-state index in [1.807, 2.05) is 13.8 Å². The summed E-state index contributed by atoms with van der Waals surface area (Å²) in [5.74, 6) is 5.43. The number of aromatic nitrogens is 4. The van der Waals surface area contributed by atoms with Crippen molar-refractivity contribution in [1.82, 2.24) is 20.2 Å². The number of fused-ring (bicyclic) bond motifs is 5. The molecule has 4 aliphatic rings. The molecule has 0 unspecified atom stereocenters. The molecule has 1 heterocycles. The highest BCUT2D eigenvalue weighted by Gasteiger charge is 2.61. The van der Waals surface area contributed by atoms with Crippen LogP contribution in [0.3, 0.4) is 0 Å². The van der Waals surface area contributed by atoms with E-state index in [0.717, 1.165) is 37.0 Å². The average Bonchev–Trinajstić information content (AvgIpc) is 3.26. The van der Waals surface area contributed by atoms with Gasteiger partial charge in [0.1, 0.15) is 6.54 Å². The molecular weight excluding hydrogens is 388 g/mol. The predicted molar refractivity (Wildman–Crippen MR) is 118 cm³/mol. The Hall–Kier alpha value is -1.30. The lowest BCUT2D eigenvalue weighted by Crippen LogP contribution is -2.52. The molecule has 1 N–H and O–H groups in total. The first-order chi connectivity index (χ1) is 14.7. The molecule has 6 nitrogen and oxygen atoms in total. The smallest absolute Gasteiger partial charge is 0.171 e. The number of nitrogens with zero attached hydrogens (tertiary/aromatic N) is 4. The number of aliphatic hydroxyl groups is 1. The lowest BCUT2D eigenvalue weighted by atomic mass is 9.48. The van der Waals surface area contributed by atoms with Crippen LogP contribution in [-0.4, -0.2) is 36.7 Å². The molecule has 5 rings (SSSR count). The molecule has 6 heteroatoms. The summed E-state index contributed by atoms with van der Waals surface area (Å²) in [5, 5.41) is 22.9. The molecule has 4 aliphatic carbocycles. The fourth-order valence-corrected chi connectivity index (χ4v) is 8.93. The Labute approximate surface area is 186 Å². The van der Waals surface area contributed by atoms with Gasteiger partial charge < -0.3 is 5.11 Å². The van der Waals surface area contributed by atoms with E-state index in [1.54, 1.807) is 0 Å². The Kier molecular flexibility index (Phi) is 5.31. The van der Waals surface area contributed by atoms with Crippen LogP contribution in [0.4, 0.5) is 0 Å². The van der Waals surface area contributed by atoms with Gasteiger partial charge in [-0.2, -0.15) is 4.80 Å². The molecular formula is C25H40N4O2. The van der Waals surface area contributed by atoms with Gasteiger partial charge in [-0.3, -0.25) is 4.79 Å². The number of hydrogen-bond acceptors (Lipinski definition) is 5.